The number of halogens is 3. The number of hydrogen-bond acceptors (Lipinski definition) is 3. The summed E-state index contributed by atoms with van der Waals surface area (Å²) in [4.78, 5) is 18.3. The molecular weight excluding hydrogens is 379 g/mol. The largest absolute Gasteiger partial charge is 0.416 e. The summed E-state index contributed by atoms with van der Waals surface area (Å²) < 4.78 is 40.4. The van der Waals surface area contributed by atoms with E-state index in [1.807, 2.05) is 34.1 Å². The van der Waals surface area contributed by atoms with Crippen LogP contribution in [-0.2, 0) is 6.18 Å². The summed E-state index contributed by atoms with van der Waals surface area (Å²) in [6, 6.07) is 13.4. The van der Waals surface area contributed by atoms with E-state index in [1.54, 1.807) is 17.0 Å². The molecule has 0 N–H and O–H groups in total. The molecule has 29 heavy (non-hydrogen) atoms. The predicted molar refractivity (Wildman–Crippen MR) is 107 cm³/mol. The highest BCUT2D eigenvalue weighted by molar-refractivity contribution is 5.94. The van der Waals surface area contributed by atoms with Gasteiger partial charge in [-0.1, -0.05) is 18.2 Å². The molecule has 2 aliphatic rings. The molecule has 154 valence electrons. The smallest absolute Gasteiger partial charge is 0.371 e. The summed E-state index contributed by atoms with van der Waals surface area (Å²) in [5.74, 6) is -0.0351. The Balaban J connectivity index is 1.51. The lowest BCUT2D eigenvalue weighted by Gasteiger charge is -2.37. The molecular formula is C22H24F3N3O. The summed E-state index contributed by atoms with van der Waals surface area (Å²) in [7, 11) is 0. The molecule has 0 atom stereocenters. The van der Waals surface area contributed by atoms with Crippen LogP contribution in [0.15, 0.2) is 48.5 Å². The average Bonchev–Trinajstić information content (AvgIpc) is 3.28. The van der Waals surface area contributed by atoms with Crippen LogP contribution >= 0.6 is 0 Å². The lowest BCUT2D eigenvalue weighted by molar-refractivity contribution is -0.137. The zero-order valence-corrected chi connectivity index (χ0v) is 16.2. The first-order valence-corrected chi connectivity index (χ1v) is 9.98. The van der Waals surface area contributed by atoms with Gasteiger partial charge in [-0.3, -0.25) is 4.79 Å². The number of amides is 1. The molecule has 4 rings (SSSR count). The Morgan fingerprint density at radius 3 is 1.86 bits per heavy atom. The van der Waals surface area contributed by atoms with Gasteiger partial charge in [-0.2, -0.15) is 13.2 Å². The van der Waals surface area contributed by atoms with Gasteiger partial charge in [0.2, 0.25) is 0 Å². The lowest BCUT2D eigenvalue weighted by atomic mass is 10.1. The number of nitrogens with zero attached hydrogens (tertiary/aromatic N) is 3. The molecule has 7 heteroatoms. The van der Waals surface area contributed by atoms with E-state index in [0.29, 0.717) is 43.1 Å². The van der Waals surface area contributed by atoms with Gasteiger partial charge < -0.3 is 14.7 Å². The summed E-state index contributed by atoms with van der Waals surface area (Å²) in [5, 5.41) is 0. The van der Waals surface area contributed by atoms with Gasteiger partial charge >= 0.3 is 6.18 Å². The number of hydrogen-bond donors (Lipinski definition) is 0. The number of rotatable bonds is 3. The Labute approximate surface area is 168 Å². The molecule has 0 radical (unpaired) electrons. The molecule has 0 saturated carbocycles. The van der Waals surface area contributed by atoms with E-state index in [9.17, 15) is 18.0 Å². The Bertz CT molecular complexity index is 855. The topological polar surface area (TPSA) is 26.8 Å². The molecule has 2 fully saturated rings. The maximum atomic E-state index is 13.5. The van der Waals surface area contributed by atoms with Gasteiger partial charge in [-0.15, -0.1) is 0 Å². The summed E-state index contributed by atoms with van der Waals surface area (Å²) in [6.07, 6.45) is -2.37. The van der Waals surface area contributed by atoms with Gasteiger partial charge in [0.05, 0.1) is 5.56 Å². The zero-order chi connectivity index (χ0) is 20.4. The molecule has 1 amide bonds. The molecule has 0 bridgehead atoms. The van der Waals surface area contributed by atoms with Gasteiger partial charge in [0.1, 0.15) is 0 Å². The minimum absolute atomic E-state index is 0.0351. The minimum atomic E-state index is -4.38. The molecule has 2 aliphatic heterocycles. The van der Waals surface area contributed by atoms with E-state index in [0.717, 1.165) is 25.9 Å². The van der Waals surface area contributed by atoms with Crippen molar-refractivity contribution in [3.05, 3.63) is 59.7 Å². The SMILES string of the molecule is O=C(c1ccccc1)N1CCN(c2cc(N3CCCC3)cc(C(F)(F)F)c2)CC1. The highest BCUT2D eigenvalue weighted by atomic mass is 19.4. The van der Waals surface area contributed by atoms with Gasteiger partial charge in [0.15, 0.2) is 0 Å². The normalized spacial score (nSPS) is 17.7. The highest BCUT2D eigenvalue weighted by Crippen LogP contribution is 2.36. The average molecular weight is 403 g/mol. The number of alkyl halides is 3. The van der Waals surface area contributed by atoms with Crippen molar-refractivity contribution in [3.8, 4) is 0 Å². The van der Waals surface area contributed by atoms with Crippen LogP contribution in [0.2, 0.25) is 0 Å². The third-order valence-corrected chi connectivity index (χ3v) is 5.65. The van der Waals surface area contributed by atoms with Crippen molar-refractivity contribution in [1.29, 1.82) is 0 Å². The standard InChI is InChI=1S/C22H24F3N3O/c23-22(24,25)18-14-19(26-8-4-5-9-26)16-20(15-18)27-10-12-28(13-11-27)21(29)17-6-2-1-3-7-17/h1-3,6-7,14-16H,4-5,8-13H2. The fraction of sp³-hybridized carbons (Fsp3) is 0.409. The summed E-state index contributed by atoms with van der Waals surface area (Å²) in [5.41, 5.74) is 1.24. The molecule has 2 saturated heterocycles. The molecule has 2 heterocycles. The van der Waals surface area contributed by atoms with Gasteiger partial charge in [0.25, 0.3) is 5.91 Å². The van der Waals surface area contributed by atoms with Crippen molar-refractivity contribution in [2.24, 2.45) is 0 Å². The molecule has 2 aromatic rings. The number of benzene rings is 2. The van der Waals surface area contributed by atoms with Crippen molar-refractivity contribution >= 4 is 17.3 Å². The quantitative estimate of drug-likeness (QED) is 0.766. The Kier molecular flexibility index (Phi) is 5.39. The first kappa shape index (κ1) is 19.6. The third kappa shape index (κ3) is 4.33. The van der Waals surface area contributed by atoms with Crippen LogP contribution in [0, 0.1) is 0 Å². The van der Waals surface area contributed by atoms with Gasteiger partial charge in [-0.05, 0) is 43.2 Å². The van der Waals surface area contributed by atoms with E-state index in [1.165, 1.54) is 12.1 Å². The second-order valence-electron chi connectivity index (χ2n) is 7.58. The molecule has 0 unspecified atom stereocenters. The first-order chi connectivity index (χ1) is 13.9. The molecule has 0 spiro atoms. The molecule has 2 aromatic carbocycles. The van der Waals surface area contributed by atoms with Crippen molar-refractivity contribution in [2.45, 2.75) is 19.0 Å². The van der Waals surface area contributed by atoms with E-state index in [-0.39, 0.29) is 5.91 Å². The van der Waals surface area contributed by atoms with Gasteiger partial charge in [-0.25, -0.2) is 0 Å². The van der Waals surface area contributed by atoms with Crippen LogP contribution in [0.1, 0.15) is 28.8 Å². The fourth-order valence-electron chi connectivity index (χ4n) is 4.03. The van der Waals surface area contributed by atoms with Crippen molar-refractivity contribution < 1.29 is 18.0 Å². The van der Waals surface area contributed by atoms with E-state index >= 15 is 0 Å². The number of carbonyl (C=O) groups excluding carboxylic acids is 1. The maximum absolute atomic E-state index is 13.5. The summed E-state index contributed by atoms with van der Waals surface area (Å²) in [6.45, 7) is 3.59. The van der Waals surface area contributed by atoms with Crippen LogP contribution in [0.5, 0.6) is 0 Å². The second-order valence-corrected chi connectivity index (χ2v) is 7.58. The maximum Gasteiger partial charge on any atom is 0.416 e. The highest BCUT2D eigenvalue weighted by Gasteiger charge is 2.33. The van der Waals surface area contributed by atoms with Crippen molar-refractivity contribution in [2.75, 3.05) is 49.1 Å². The molecule has 0 aromatic heterocycles. The minimum Gasteiger partial charge on any atom is -0.371 e. The fourth-order valence-corrected chi connectivity index (χ4v) is 4.03. The number of carbonyl (C=O) groups is 1. The Hall–Kier alpha value is -2.70. The van der Waals surface area contributed by atoms with Crippen LogP contribution < -0.4 is 9.80 Å². The monoisotopic (exact) mass is 403 g/mol. The second kappa shape index (κ2) is 7.97. The Morgan fingerprint density at radius 1 is 0.759 bits per heavy atom. The van der Waals surface area contributed by atoms with Crippen molar-refractivity contribution in [3.63, 3.8) is 0 Å². The lowest BCUT2D eigenvalue weighted by Crippen LogP contribution is -2.48. The zero-order valence-electron chi connectivity index (χ0n) is 16.2. The van der Waals surface area contributed by atoms with E-state index in [4.69, 9.17) is 0 Å². The Morgan fingerprint density at radius 2 is 1.31 bits per heavy atom. The first-order valence-electron chi connectivity index (χ1n) is 9.98. The third-order valence-electron chi connectivity index (χ3n) is 5.65. The predicted octanol–water partition coefficient (Wildman–Crippen LogP) is 4.27. The van der Waals surface area contributed by atoms with Crippen LogP contribution in [0.25, 0.3) is 0 Å². The van der Waals surface area contributed by atoms with E-state index in [2.05, 4.69) is 0 Å². The number of anilines is 2. The van der Waals surface area contributed by atoms with Crippen LogP contribution in [0.4, 0.5) is 24.5 Å². The van der Waals surface area contributed by atoms with Gasteiger partial charge in [0, 0.05) is 56.2 Å². The van der Waals surface area contributed by atoms with Crippen molar-refractivity contribution in [1.82, 2.24) is 4.90 Å². The van der Waals surface area contributed by atoms with Crippen LogP contribution in [0.3, 0.4) is 0 Å². The summed E-state index contributed by atoms with van der Waals surface area (Å²) >= 11 is 0. The van der Waals surface area contributed by atoms with E-state index < -0.39 is 11.7 Å². The molecule has 4 nitrogen and oxygen atoms in total. The number of piperazine rings is 1. The van der Waals surface area contributed by atoms with Crippen LogP contribution in [-0.4, -0.2) is 50.1 Å². The molecule has 0 aliphatic carbocycles.